The summed E-state index contributed by atoms with van der Waals surface area (Å²) in [6, 6.07) is 8.07. The van der Waals surface area contributed by atoms with Crippen molar-refractivity contribution in [3.63, 3.8) is 0 Å². The minimum Gasteiger partial charge on any atom is -0.497 e. The van der Waals surface area contributed by atoms with Crippen LogP contribution in [0.5, 0.6) is 5.75 Å². The molecule has 3 heteroatoms. The predicted octanol–water partition coefficient (Wildman–Crippen LogP) is 2.38. The second kappa shape index (κ2) is 5.72. The molecular formula is C15H25NO2. The molecule has 0 spiro atoms. The Kier molecular flexibility index (Phi) is 4.77. The highest BCUT2D eigenvalue weighted by molar-refractivity contribution is 5.27. The van der Waals surface area contributed by atoms with Crippen LogP contribution < -0.4 is 10.1 Å². The molecule has 0 aromatic heterocycles. The molecule has 0 amide bonds. The monoisotopic (exact) mass is 251 g/mol. The van der Waals surface area contributed by atoms with Gasteiger partial charge in [-0.1, -0.05) is 12.1 Å². The summed E-state index contributed by atoms with van der Waals surface area (Å²) >= 11 is 0. The van der Waals surface area contributed by atoms with E-state index in [1.54, 1.807) is 7.11 Å². The third-order valence-corrected chi connectivity index (χ3v) is 3.67. The minimum atomic E-state index is -0.743. The van der Waals surface area contributed by atoms with Crippen molar-refractivity contribution >= 4 is 0 Å². The van der Waals surface area contributed by atoms with Crippen LogP contribution in [0.25, 0.3) is 0 Å². The third kappa shape index (κ3) is 4.00. The molecule has 0 atom stereocenters. The molecule has 0 radical (unpaired) electrons. The summed E-state index contributed by atoms with van der Waals surface area (Å²) in [7, 11) is 1.67. The first-order valence-corrected chi connectivity index (χ1v) is 6.36. The molecule has 1 rings (SSSR count). The van der Waals surface area contributed by atoms with Crippen LogP contribution in [0.1, 0.15) is 33.3 Å². The Morgan fingerprint density at radius 3 is 2.11 bits per heavy atom. The van der Waals surface area contributed by atoms with Crippen LogP contribution in [0.3, 0.4) is 0 Å². The summed E-state index contributed by atoms with van der Waals surface area (Å²) in [4.78, 5) is 0. The first kappa shape index (κ1) is 15.0. The van der Waals surface area contributed by atoms with E-state index in [4.69, 9.17) is 4.74 Å². The van der Waals surface area contributed by atoms with Crippen molar-refractivity contribution in [2.75, 3.05) is 13.7 Å². The van der Waals surface area contributed by atoms with E-state index in [1.807, 2.05) is 39.8 Å². The van der Waals surface area contributed by atoms with Gasteiger partial charge in [0.2, 0.25) is 0 Å². The molecule has 0 saturated heterocycles. The maximum absolute atomic E-state index is 10.0. The second-order valence-electron chi connectivity index (χ2n) is 5.71. The summed E-state index contributed by atoms with van der Waals surface area (Å²) in [5.41, 5.74) is 0.210. The SMILES string of the molecule is COc1ccc(CCNC(C)(C)C(C)(C)O)cc1. The van der Waals surface area contributed by atoms with E-state index in [0.717, 1.165) is 18.7 Å². The average Bonchev–Trinajstić information content (AvgIpc) is 2.28. The first-order valence-electron chi connectivity index (χ1n) is 6.36. The fraction of sp³-hybridized carbons (Fsp3) is 0.600. The van der Waals surface area contributed by atoms with Gasteiger partial charge in [-0.2, -0.15) is 0 Å². The van der Waals surface area contributed by atoms with Gasteiger partial charge in [0.25, 0.3) is 0 Å². The van der Waals surface area contributed by atoms with Gasteiger partial charge in [0.05, 0.1) is 12.7 Å². The molecule has 102 valence electrons. The van der Waals surface area contributed by atoms with E-state index in [2.05, 4.69) is 17.4 Å². The fourth-order valence-electron chi connectivity index (χ4n) is 1.53. The summed E-state index contributed by atoms with van der Waals surface area (Å²) in [6.07, 6.45) is 0.934. The Morgan fingerprint density at radius 1 is 1.11 bits per heavy atom. The van der Waals surface area contributed by atoms with Crippen molar-refractivity contribution in [3.8, 4) is 5.75 Å². The van der Waals surface area contributed by atoms with Gasteiger partial charge in [-0.25, -0.2) is 0 Å². The van der Waals surface area contributed by atoms with Gasteiger partial charge in [-0.05, 0) is 58.4 Å². The van der Waals surface area contributed by atoms with E-state index in [-0.39, 0.29) is 5.54 Å². The Hall–Kier alpha value is -1.06. The Bertz CT molecular complexity index is 363. The van der Waals surface area contributed by atoms with Gasteiger partial charge in [0.15, 0.2) is 0 Å². The van der Waals surface area contributed by atoms with E-state index < -0.39 is 5.60 Å². The van der Waals surface area contributed by atoms with Crippen molar-refractivity contribution < 1.29 is 9.84 Å². The quantitative estimate of drug-likeness (QED) is 0.815. The maximum atomic E-state index is 10.0. The molecule has 2 N–H and O–H groups in total. The maximum Gasteiger partial charge on any atom is 0.118 e. The van der Waals surface area contributed by atoms with Gasteiger partial charge in [-0.15, -0.1) is 0 Å². The van der Waals surface area contributed by atoms with Gasteiger partial charge in [0, 0.05) is 5.54 Å². The molecule has 0 unspecified atom stereocenters. The van der Waals surface area contributed by atoms with Crippen LogP contribution in [-0.4, -0.2) is 29.9 Å². The topological polar surface area (TPSA) is 41.5 Å². The van der Waals surface area contributed by atoms with Crippen LogP contribution >= 0.6 is 0 Å². The van der Waals surface area contributed by atoms with Crippen molar-refractivity contribution in [2.24, 2.45) is 0 Å². The molecule has 0 saturated carbocycles. The largest absolute Gasteiger partial charge is 0.497 e. The van der Waals surface area contributed by atoms with Crippen LogP contribution in [0.2, 0.25) is 0 Å². The highest BCUT2D eigenvalue weighted by Gasteiger charge is 2.33. The van der Waals surface area contributed by atoms with Crippen molar-refractivity contribution in [3.05, 3.63) is 29.8 Å². The average molecular weight is 251 g/mol. The lowest BCUT2D eigenvalue weighted by Gasteiger charge is -2.38. The Labute approximate surface area is 110 Å². The summed E-state index contributed by atoms with van der Waals surface area (Å²) < 4.78 is 5.12. The number of methoxy groups -OCH3 is 1. The number of aliphatic hydroxyl groups is 1. The van der Waals surface area contributed by atoms with E-state index in [9.17, 15) is 5.11 Å². The van der Waals surface area contributed by atoms with Gasteiger partial charge in [-0.3, -0.25) is 0 Å². The molecule has 0 aliphatic carbocycles. The molecule has 1 aromatic carbocycles. The zero-order chi connectivity index (χ0) is 13.8. The normalized spacial score (nSPS) is 12.6. The number of hydrogen-bond acceptors (Lipinski definition) is 3. The van der Waals surface area contributed by atoms with Crippen molar-refractivity contribution in [2.45, 2.75) is 45.3 Å². The molecule has 3 nitrogen and oxygen atoms in total. The molecule has 0 aliphatic heterocycles. The fourth-order valence-corrected chi connectivity index (χ4v) is 1.53. The van der Waals surface area contributed by atoms with Crippen LogP contribution in [0, 0.1) is 0 Å². The zero-order valence-corrected chi connectivity index (χ0v) is 12.1. The number of benzene rings is 1. The standard InChI is InChI=1S/C15H25NO2/c1-14(2,15(3,4)17)16-11-10-12-6-8-13(18-5)9-7-12/h6-9,16-17H,10-11H2,1-5H3. The molecule has 0 fully saturated rings. The highest BCUT2D eigenvalue weighted by atomic mass is 16.5. The molecule has 18 heavy (non-hydrogen) atoms. The molecule has 1 aromatic rings. The number of rotatable bonds is 6. The van der Waals surface area contributed by atoms with Crippen molar-refractivity contribution in [1.29, 1.82) is 0 Å². The lowest BCUT2D eigenvalue weighted by Crippen LogP contribution is -2.56. The molecular weight excluding hydrogens is 226 g/mol. The zero-order valence-electron chi connectivity index (χ0n) is 12.1. The smallest absolute Gasteiger partial charge is 0.118 e. The second-order valence-corrected chi connectivity index (χ2v) is 5.71. The molecule has 0 bridgehead atoms. The van der Waals surface area contributed by atoms with E-state index in [0.29, 0.717) is 0 Å². The number of ether oxygens (including phenoxy) is 1. The predicted molar refractivity (Wildman–Crippen MR) is 75.1 cm³/mol. The minimum absolute atomic E-state index is 0.306. The van der Waals surface area contributed by atoms with Gasteiger partial charge >= 0.3 is 0 Å². The van der Waals surface area contributed by atoms with Gasteiger partial charge < -0.3 is 15.2 Å². The highest BCUT2D eigenvalue weighted by Crippen LogP contribution is 2.20. The molecule has 0 aliphatic rings. The van der Waals surface area contributed by atoms with Crippen LogP contribution in [0.15, 0.2) is 24.3 Å². The van der Waals surface area contributed by atoms with Crippen LogP contribution in [-0.2, 0) is 6.42 Å². The van der Waals surface area contributed by atoms with Crippen molar-refractivity contribution in [1.82, 2.24) is 5.32 Å². The lowest BCUT2D eigenvalue weighted by molar-refractivity contribution is -0.00409. The van der Waals surface area contributed by atoms with E-state index in [1.165, 1.54) is 5.56 Å². The van der Waals surface area contributed by atoms with Crippen LogP contribution in [0.4, 0.5) is 0 Å². The Morgan fingerprint density at radius 2 is 1.67 bits per heavy atom. The number of hydrogen-bond donors (Lipinski definition) is 2. The number of nitrogens with one attached hydrogen (secondary N) is 1. The Balaban J connectivity index is 2.46. The summed E-state index contributed by atoms with van der Waals surface area (Å²) in [5, 5.41) is 13.4. The lowest BCUT2D eigenvalue weighted by atomic mass is 9.86. The summed E-state index contributed by atoms with van der Waals surface area (Å²) in [6.45, 7) is 8.52. The first-order chi connectivity index (χ1) is 8.26. The molecule has 0 heterocycles. The van der Waals surface area contributed by atoms with E-state index >= 15 is 0 Å². The summed E-state index contributed by atoms with van der Waals surface area (Å²) in [5.74, 6) is 0.878. The third-order valence-electron chi connectivity index (χ3n) is 3.67. The van der Waals surface area contributed by atoms with Gasteiger partial charge in [0.1, 0.15) is 5.75 Å².